The van der Waals surface area contributed by atoms with Crippen LogP contribution in [-0.4, -0.2) is 49.6 Å². The molecule has 1 aliphatic heterocycles. The lowest BCUT2D eigenvalue weighted by molar-refractivity contribution is 0.137. The summed E-state index contributed by atoms with van der Waals surface area (Å²) in [6.45, 7) is 8.69. The first-order valence-electron chi connectivity index (χ1n) is 9.04. The molecular formula is C22H28N2O. The number of ether oxygens (including phenoxy) is 1. The fourth-order valence-electron chi connectivity index (χ4n) is 3.33. The molecule has 3 rings (SSSR count). The number of methoxy groups -OCH3 is 1. The van der Waals surface area contributed by atoms with Gasteiger partial charge in [-0.05, 0) is 29.7 Å². The second-order valence-corrected chi connectivity index (χ2v) is 6.69. The molecule has 0 aromatic heterocycles. The Morgan fingerprint density at radius 1 is 0.960 bits per heavy atom. The monoisotopic (exact) mass is 336 g/mol. The average Bonchev–Trinajstić information content (AvgIpc) is 2.64. The summed E-state index contributed by atoms with van der Waals surface area (Å²) >= 11 is 0. The highest BCUT2D eigenvalue weighted by atomic mass is 16.5. The number of nitrogens with zero attached hydrogens (tertiary/aromatic N) is 2. The van der Waals surface area contributed by atoms with Crippen molar-refractivity contribution in [3.8, 4) is 5.75 Å². The van der Waals surface area contributed by atoms with Gasteiger partial charge in [-0.3, -0.25) is 9.80 Å². The first-order valence-corrected chi connectivity index (χ1v) is 9.04. The Kier molecular flexibility index (Phi) is 6.26. The summed E-state index contributed by atoms with van der Waals surface area (Å²) in [6.07, 6.45) is 4.49. The second-order valence-electron chi connectivity index (χ2n) is 6.69. The first-order chi connectivity index (χ1) is 12.2. The lowest BCUT2D eigenvalue weighted by atomic mass is 10.1. The molecule has 0 radical (unpaired) electrons. The smallest absolute Gasteiger partial charge is 0.121 e. The summed E-state index contributed by atoms with van der Waals surface area (Å²) in [7, 11) is 1.73. The summed E-state index contributed by atoms with van der Waals surface area (Å²) < 4.78 is 5.35. The number of aryl methyl sites for hydroxylation is 1. The van der Waals surface area contributed by atoms with E-state index in [2.05, 4.69) is 77.4 Å². The summed E-state index contributed by atoms with van der Waals surface area (Å²) in [5.74, 6) is 0.971. The summed E-state index contributed by atoms with van der Waals surface area (Å²) in [5, 5.41) is 0. The van der Waals surface area contributed by atoms with Gasteiger partial charge in [0.1, 0.15) is 5.75 Å². The lowest BCUT2D eigenvalue weighted by Crippen LogP contribution is -2.45. The van der Waals surface area contributed by atoms with Crippen LogP contribution < -0.4 is 4.74 Å². The van der Waals surface area contributed by atoms with Gasteiger partial charge in [-0.15, -0.1) is 0 Å². The zero-order valence-electron chi connectivity index (χ0n) is 15.3. The molecular weight excluding hydrogens is 308 g/mol. The molecule has 3 heteroatoms. The minimum Gasteiger partial charge on any atom is -0.496 e. The maximum Gasteiger partial charge on any atom is 0.121 e. The maximum absolute atomic E-state index is 5.35. The topological polar surface area (TPSA) is 15.7 Å². The number of hydrogen-bond donors (Lipinski definition) is 0. The molecule has 3 nitrogen and oxygen atoms in total. The number of rotatable bonds is 6. The first kappa shape index (κ1) is 17.7. The third-order valence-corrected chi connectivity index (χ3v) is 4.80. The lowest BCUT2D eigenvalue weighted by Gasteiger charge is -2.34. The quantitative estimate of drug-likeness (QED) is 0.797. The summed E-state index contributed by atoms with van der Waals surface area (Å²) in [4.78, 5) is 5.06. The molecule has 0 atom stereocenters. The van der Waals surface area contributed by atoms with Crippen molar-refractivity contribution in [2.75, 3.05) is 39.8 Å². The van der Waals surface area contributed by atoms with Crippen molar-refractivity contribution in [3.63, 3.8) is 0 Å². The highest BCUT2D eigenvalue weighted by molar-refractivity contribution is 5.48. The predicted octanol–water partition coefficient (Wildman–Crippen LogP) is 3.83. The van der Waals surface area contributed by atoms with E-state index in [0.29, 0.717) is 0 Å². The molecule has 0 spiro atoms. The molecule has 0 N–H and O–H groups in total. The van der Waals surface area contributed by atoms with Crippen LogP contribution in [0.3, 0.4) is 0 Å². The average molecular weight is 336 g/mol. The van der Waals surface area contributed by atoms with E-state index in [-0.39, 0.29) is 0 Å². The molecule has 1 saturated heterocycles. The maximum atomic E-state index is 5.35. The SMILES string of the molecule is COc1ccc(CN2CCN(C/C=C/c3ccccc3)CC2)cc1C. The van der Waals surface area contributed by atoms with Crippen molar-refractivity contribution in [1.82, 2.24) is 9.80 Å². The van der Waals surface area contributed by atoms with Crippen LogP contribution in [0.25, 0.3) is 6.08 Å². The standard InChI is InChI=1S/C22H28N2O/c1-19-17-21(10-11-22(19)25-2)18-24-15-13-23(14-16-24)12-6-9-20-7-4-3-5-8-20/h3-11,17H,12-16,18H2,1-2H3/b9-6+. The van der Waals surface area contributed by atoms with Crippen LogP contribution in [0.2, 0.25) is 0 Å². The number of piperazine rings is 1. The van der Waals surface area contributed by atoms with E-state index in [1.54, 1.807) is 7.11 Å². The molecule has 132 valence electrons. The summed E-state index contributed by atoms with van der Waals surface area (Å²) in [6, 6.07) is 17.0. The Morgan fingerprint density at radius 2 is 1.68 bits per heavy atom. The van der Waals surface area contributed by atoms with Crippen LogP contribution in [0, 0.1) is 6.92 Å². The number of hydrogen-bond acceptors (Lipinski definition) is 3. The molecule has 0 bridgehead atoms. The van der Waals surface area contributed by atoms with Gasteiger partial charge in [0.05, 0.1) is 7.11 Å². The van der Waals surface area contributed by atoms with Gasteiger partial charge in [-0.2, -0.15) is 0 Å². The molecule has 2 aromatic carbocycles. The van der Waals surface area contributed by atoms with E-state index in [0.717, 1.165) is 45.0 Å². The van der Waals surface area contributed by atoms with E-state index >= 15 is 0 Å². The van der Waals surface area contributed by atoms with Gasteiger partial charge in [-0.1, -0.05) is 54.6 Å². The van der Waals surface area contributed by atoms with E-state index in [1.807, 2.05) is 0 Å². The highest BCUT2D eigenvalue weighted by Gasteiger charge is 2.16. The number of benzene rings is 2. The predicted molar refractivity (Wildman–Crippen MR) is 105 cm³/mol. The second kappa shape index (κ2) is 8.84. The normalized spacial score (nSPS) is 16.4. The minimum atomic E-state index is 0.971. The Bertz CT molecular complexity index is 688. The van der Waals surface area contributed by atoms with Gasteiger partial charge in [0.2, 0.25) is 0 Å². The van der Waals surface area contributed by atoms with Crippen molar-refractivity contribution in [2.24, 2.45) is 0 Å². The van der Waals surface area contributed by atoms with Gasteiger partial charge in [0, 0.05) is 39.3 Å². The third-order valence-electron chi connectivity index (χ3n) is 4.80. The van der Waals surface area contributed by atoms with Crippen molar-refractivity contribution in [3.05, 3.63) is 71.3 Å². The fourth-order valence-corrected chi connectivity index (χ4v) is 3.33. The van der Waals surface area contributed by atoms with Gasteiger partial charge < -0.3 is 4.74 Å². The van der Waals surface area contributed by atoms with E-state index in [9.17, 15) is 0 Å². The van der Waals surface area contributed by atoms with Crippen LogP contribution in [0.5, 0.6) is 5.75 Å². The Hall–Kier alpha value is -2.10. The molecule has 25 heavy (non-hydrogen) atoms. The Labute approximate surface area is 151 Å². The largest absolute Gasteiger partial charge is 0.496 e. The van der Waals surface area contributed by atoms with Crippen LogP contribution >= 0.6 is 0 Å². The van der Waals surface area contributed by atoms with Crippen molar-refractivity contribution >= 4 is 6.08 Å². The molecule has 1 fully saturated rings. The summed E-state index contributed by atoms with van der Waals surface area (Å²) in [5.41, 5.74) is 3.86. The molecule has 1 heterocycles. The van der Waals surface area contributed by atoms with Gasteiger partial charge in [0.25, 0.3) is 0 Å². The van der Waals surface area contributed by atoms with Crippen LogP contribution in [-0.2, 0) is 6.54 Å². The molecule has 1 aliphatic rings. The van der Waals surface area contributed by atoms with Gasteiger partial charge >= 0.3 is 0 Å². The molecule has 0 saturated carbocycles. The van der Waals surface area contributed by atoms with Crippen LogP contribution in [0.4, 0.5) is 0 Å². The van der Waals surface area contributed by atoms with Crippen molar-refractivity contribution < 1.29 is 4.74 Å². The Balaban J connectivity index is 1.44. The van der Waals surface area contributed by atoms with E-state index in [4.69, 9.17) is 4.74 Å². The van der Waals surface area contributed by atoms with E-state index in [1.165, 1.54) is 16.7 Å². The molecule has 0 unspecified atom stereocenters. The molecule has 2 aromatic rings. The zero-order chi connectivity index (χ0) is 17.5. The fraction of sp³-hybridized carbons (Fsp3) is 0.364. The van der Waals surface area contributed by atoms with Crippen molar-refractivity contribution in [1.29, 1.82) is 0 Å². The van der Waals surface area contributed by atoms with Crippen LogP contribution in [0.1, 0.15) is 16.7 Å². The highest BCUT2D eigenvalue weighted by Crippen LogP contribution is 2.19. The zero-order valence-corrected chi connectivity index (χ0v) is 15.3. The molecule has 0 amide bonds. The molecule has 0 aliphatic carbocycles. The van der Waals surface area contributed by atoms with Gasteiger partial charge in [-0.25, -0.2) is 0 Å². The van der Waals surface area contributed by atoms with Crippen LogP contribution in [0.15, 0.2) is 54.6 Å². The van der Waals surface area contributed by atoms with E-state index < -0.39 is 0 Å². The minimum absolute atomic E-state index is 0.971. The van der Waals surface area contributed by atoms with Crippen molar-refractivity contribution in [2.45, 2.75) is 13.5 Å². The van der Waals surface area contributed by atoms with Gasteiger partial charge in [0.15, 0.2) is 0 Å². The Morgan fingerprint density at radius 3 is 2.36 bits per heavy atom. The third kappa shape index (κ3) is 5.18.